The van der Waals surface area contributed by atoms with Crippen molar-refractivity contribution in [1.82, 2.24) is 16.1 Å². The molecule has 0 aromatic heterocycles. The second-order valence-electron chi connectivity index (χ2n) is 5.35. The van der Waals surface area contributed by atoms with Crippen molar-refractivity contribution in [3.63, 3.8) is 0 Å². The summed E-state index contributed by atoms with van der Waals surface area (Å²) < 4.78 is 0. The lowest BCUT2D eigenvalue weighted by Gasteiger charge is -2.37. The lowest BCUT2D eigenvalue weighted by Crippen LogP contribution is -2.67. The summed E-state index contributed by atoms with van der Waals surface area (Å²) in [5.41, 5.74) is 5.42. The minimum Gasteiger partial charge on any atom is -0.305 e. The first-order valence-corrected chi connectivity index (χ1v) is 8.87. The fraction of sp³-hybridized carbons (Fsp3) is 0.222. The molecular weight excluding hydrogens is 320 g/mol. The number of thioether (sulfide) groups is 1. The van der Waals surface area contributed by atoms with Crippen LogP contribution < -0.4 is 16.1 Å². The number of amides is 1. The Morgan fingerprint density at radius 3 is 2.38 bits per heavy atom. The molecule has 124 valence electrons. The Balaban J connectivity index is 1.77. The van der Waals surface area contributed by atoms with Gasteiger partial charge in [-0.15, -0.1) is 0 Å². The maximum Gasteiger partial charge on any atom is 0.275 e. The van der Waals surface area contributed by atoms with Crippen molar-refractivity contribution in [1.29, 1.82) is 0 Å². The third-order valence-corrected chi connectivity index (χ3v) is 4.68. The minimum absolute atomic E-state index is 0.193. The number of nitrogens with one attached hydrogen (secondary N) is 3. The molecule has 2 aromatic rings. The van der Waals surface area contributed by atoms with Crippen molar-refractivity contribution < 1.29 is 4.79 Å². The van der Waals surface area contributed by atoms with E-state index in [0.717, 1.165) is 16.9 Å². The van der Waals surface area contributed by atoms with Crippen LogP contribution in [0.25, 0.3) is 0 Å². The van der Waals surface area contributed by atoms with Crippen LogP contribution in [0.4, 0.5) is 0 Å². The molecule has 0 radical (unpaired) electrons. The van der Waals surface area contributed by atoms with Crippen LogP contribution in [0.15, 0.2) is 65.8 Å². The van der Waals surface area contributed by atoms with Crippen molar-refractivity contribution in [2.45, 2.75) is 18.6 Å². The normalized spacial score (nSPS) is 20.0. The molecule has 0 aliphatic carbocycles. The Bertz CT molecular complexity index is 720. The summed E-state index contributed by atoms with van der Waals surface area (Å²) in [6, 6.07) is 19.5. The monoisotopic (exact) mass is 340 g/mol. The first-order chi connectivity index (χ1) is 11.7. The van der Waals surface area contributed by atoms with Gasteiger partial charge in [-0.25, -0.2) is 0 Å². The molecular formula is C18H20N4OS. The fourth-order valence-electron chi connectivity index (χ4n) is 2.47. The summed E-state index contributed by atoms with van der Waals surface area (Å²) in [7, 11) is 0. The van der Waals surface area contributed by atoms with Gasteiger partial charge in [0, 0.05) is 12.1 Å². The standard InChI is InChI=1S/C18H20N4OS/c1-2-24-18(19-13-14-9-5-3-6-10-14)20-17(23)16(21-22-18)15-11-7-4-8-12-15/h3-12,19,22H,2,13H2,1H3,(H,20,23). The zero-order chi connectivity index (χ0) is 16.8. The van der Waals surface area contributed by atoms with Gasteiger partial charge in [0.05, 0.1) is 0 Å². The molecule has 3 N–H and O–H groups in total. The highest BCUT2D eigenvalue weighted by Gasteiger charge is 2.36. The SMILES string of the molecule is CCSC1(NCc2ccccc2)NN=C(c2ccccc2)C(=O)N1. The van der Waals surface area contributed by atoms with E-state index in [9.17, 15) is 4.79 Å². The molecule has 2 aromatic carbocycles. The van der Waals surface area contributed by atoms with Gasteiger partial charge in [-0.2, -0.15) is 5.10 Å². The number of rotatable bonds is 6. The third kappa shape index (κ3) is 3.77. The number of hydrazone groups is 1. The molecule has 6 heteroatoms. The highest BCUT2D eigenvalue weighted by molar-refractivity contribution is 8.00. The van der Waals surface area contributed by atoms with Gasteiger partial charge in [-0.1, -0.05) is 79.3 Å². The van der Waals surface area contributed by atoms with Crippen LogP contribution in [-0.4, -0.2) is 22.5 Å². The molecule has 0 saturated carbocycles. The van der Waals surface area contributed by atoms with Crippen molar-refractivity contribution in [3.8, 4) is 0 Å². The second-order valence-corrected chi connectivity index (χ2v) is 6.82. The molecule has 1 atom stereocenters. The predicted molar refractivity (Wildman–Crippen MR) is 98.4 cm³/mol. The molecule has 1 amide bonds. The molecule has 3 rings (SSSR count). The molecule has 1 unspecified atom stereocenters. The zero-order valence-corrected chi connectivity index (χ0v) is 14.3. The smallest absolute Gasteiger partial charge is 0.275 e. The molecule has 24 heavy (non-hydrogen) atoms. The number of carbonyl (C=O) groups is 1. The Labute approximate surface area is 145 Å². The summed E-state index contributed by atoms with van der Waals surface area (Å²) in [6.45, 7) is 2.66. The molecule has 0 fully saturated rings. The Kier molecular flexibility index (Phi) is 5.17. The van der Waals surface area contributed by atoms with Gasteiger partial charge >= 0.3 is 0 Å². The minimum atomic E-state index is -0.806. The summed E-state index contributed by atoms with van der Waals surface area (Å²) in [5, 5.41) is 9.92. The van der Waals surface area contributed by atoms with E-state index < -0.39 is 5.12 Å². The van der Waals surface area contributed by atoms with Crippen LogP contribution in [0.3, 0.4) is 0 Å². The molecule has 1 aliphatic rings. The fourth-order valence-corrected chi connectivity index (χ4v) is 3.35. The van der Waals surface area contributed by atoms with Crippen LogP contribution in [0.1, 0.15) is 18.1 Å². The van der Waals surface area contributed by atoms with E-state index >= 15 is 0 Å². The number of hydrogen-bond donors (Lipinski definition) is 3. The Hall–Kier alpha value is -2.31. The molecule has 0 bridgehead atoms. The zero-order valence-electron chi connectivity index (χ0n) is 13.5. The molecule has 5 nitrogen and oxygen atoms in total. The van der Waals surface area contributed by atoms with E-state index in [2.05, 4.69) is 21.2 Å². The lowest BCUT2D eigenvalue weighted by atomic mass is 10.1. The van der Waals surface area contributed by atoms with E-state index in [1.165, 1.54) is 0 Å². The first kappa shape index (κ1) is 16.5. The van der Waals surface area contributed by atoms with Crippen molar-refractivity contribution >= 4 is 23.4 Å². The van der Waals surface area contributed by atoms with E-state index in [4.69, 9.17) is 0 Å². The van der Waals surface area contributed by atoms with Gasteiger partial charge < -0.3 is 5.32 Å². The third-order valence-electron chi connectivity index (χ3n) is 3.62. The van der Waals surface area contributed by atoms with E-state index in [1.54, 1.807) is 11.8 Å². The van der Waals surface area contributed by atoms with Crippen LogP contribution in [0, 0.1) is 0 Å². The van der Waals surface area contributed by atoms with Gasteiger partial charge in [0.2, 0.25) is 5.12 Å². The number of nitrogens with zero attached hydrogens (tertiary/aromatic N) is 1. The van der Waals surface area contributed by atoms with E-state index in [0.29, 0.717) is 12.3 Å². The quantitative estimate of drug-likeness (QED) is 0.706. The van der Waals surface area contributed by atoms with Crippen LogP contribution in [-0.2, 0) is 11.3 Å². The lowest BCUT2D eigenvalue weighted by molar-refractivity contribution is -0.116. The maximum absolute atomic E-state index is 12.6. The van der Waals surface area contributed by atoms with Crippen LogP contribution in [0.2, 0.25) is 0 Å². The largest absolute Gasteiger partial charge is 0.305 e. The second kappa shape index (κ2) is 7.51. The van der Waals surface area contributed by atoms with Crippen molar-refractivity contribution in [2.75, 3.05) is 5.75 Å². The highest BCUT2D eigenvalue weighted by atomic mass is 32.2. The highest BCUT2D eigenvalue weighted by Crippen LogP contribution is 2.20. The number of benzene rings is 2. The summed E-state index contributed by atoms with van der Waals surface area (Å²) in [5.74, 6) is 0.632. The molecule has 0 saturated heterocycles. The number of carbonyl (C=O) groups excluding carboxylic acids is 1. The Morgan fingerprint density at radius 1 is 1.08 bits per heavy atom. The molecule has 0 spiro atoms. The average Bonchev–Trinajstić information content (AvgIpc) is 2.62. The van der Waals surface area contributed by atoms with E-state index in [1.807, 2.05) is 67.6 Å². The van der Waals surface area contributed by atoms with Crippen molar-refractivity contribution in [2.24, 2.45) is 5.10 Å². The predicted octanol–water partition coefficient (Wildman–Crippen LogP) is 2.26. The average molecular weight is 340 g/mol. The number of hydrogen-bond acceptors (Lipinski definition) is 5. The summed E-state index contributed by atoms with van der Waals surface area (Å²) in [6.07, 6.45) is 0. The molecule has 1 aliphatic heterocycles. The van der Waals surface area contributed by atoms with Crippen LogP contribution >= 0.6 is 11.8 Å². The van der Waals surface area contributed by atoms with Crippen LogP contribution in [0.5, 0.6) is 0 Å². The van der Waals surface area contributed by atoms with Gasteiger partial charge in [-0.05, 0) is 11.3 Å². The summed E-state index contributed by atoms with van der Waals surface area (Å²) >= 11 is 1.56. The first-order valence-electron chi connectivity index (χ1n) is 7.88. The van der Waals surface area contributed by atoms with E-state index in [-0.39, 0.29) is 5.91 Å². The summed E-state index contributed by atoms with van der Waals surface area (Å²) in [4.78, 5) is 12.6. The van der Waals surface area contributed by atoms with Gasteiger partial charge in [0.15, 0.2) is 5.71 Å². The van der Waals surface area contributed by atoms with Gasteiger partial charge in [0.1, 0.15) is 0 Å². The van der Waals surface area contributed by atoms with Gasteiger partial charge in [-0.3, -0.25) is 15.5 Å². The maximum atomic E-state index is 12.6. The van der Waals surface area contributed by atoms with Gasteiger partial charge in [0.25, 0.3) is 5.91 Å². The topological polar surface area (TPSA) is 65.5 Å². The Morgan fingerprint density at radius 2 is 1.75 bits per heavy atom. The molecule has 1 heterocycles. The van der Waals surface area contributed by atoms with Crippen molar-refractivity contribution in [3.05, 3.63) is 71.8 Å².